The van der Waals surface area contributed by atoms with E-state index in [-0.39, 0.29) is 0 Å². The SMILES string of the molecule is Cc1ccccc1CNCc1c[nH]c2ncccc12. The monoisotopic (exact) mass is 251 g/mol. The van der Waals surface area contributed by atoms with Crippen molar-refractivity contribution in [3.8, 4) is 0 Å². The van der Waals surface area contributed by atoms with Crippen LogP contribution in [0.15, 0.2) is 48.8 Å². The molecule has 0 fully saturated rings. The van der Waals surface area contributed by atoms with Crippen LogP contribution in [0.2, 0.25) is 0 Å². The molecule has 1 aromatic carbocycles. The van der Waals surface area contributed by atoms with Crippen LogP contribution >= 0.6 is 0 Å². The second-order valence-corrected chi connectivity index (χ2v) is 4.74. The average Bonchev–Trinajstić information content (AvgIpc) is 2.85. The summed E-state index contributed by atoms with van der Waals surface area (Å²) in [6.07, 6.45) is 3.84. The van der Waals surface area contributed by atoms with E-state index in [9.17, 15) is 0 Å². The van der Waals surface area contributed by atoms with Gasteiger partial charge in [-0.25, -0.2) is 4.98 Å². The van der Waals surface area contributed by atoms with Crippen LogP contribution in [0, 0.1) is 6.92 Å². The predicted molar refractivity (Wildman–Crippen MR) is 77.8 cm³/mol. The molecule has 96 valence electrons. The van der Waals surface area contributed by atoms with E-state index < -0.39 is 0 Å². The van der Waals surface area contributed by atoms with Crippen LogP contribution in [0.25, 0.3) is 11.0 Å². The van der Waals surface area contributed by atoms with Gasteiger partial charge >= 0.3 is 0 Å². The Morgan fingerprint density at radius 2 is 1.89 bits per heavy atom. The van der Waals surface area contributed by atoms with Gasteiger partial charge in [0.25, 0.3) is 0 Å². The number of nitrogens with one attached hydrogen (secondary N) is 2. The van der Waals surface area contributed by atoms with E-state index in [0.29, 0.717) is 0 Å². The van der Waals surface area contributed by atoms with Crippen molar-refractivity contribution >= 4 is 11.0 Å². The molecule has 0 spiro atoms. The van der Waals surface area contributed by atoms with E-state index in [1.807, 2.05) is 18.5 Å². The van der Waals surface area contributed by atoms with E-state index in [0.717, 1.165) is 18.7 Å². The second kappa shape index (κ2) is 5.24. The largest absolute Gasteiger partial charge is 0.346 e. The van der Waals surface area contributed by atoms with Crippen molar-refractivity contribution in [3.05, 3.63) is 65.5 Å². The van der Waals surface area contributed by atoms with E-state index in [1.165, 1.54) is 22.1 Å². The number of H-pyrrole nitrogens is 1. The molecule has 0 bridgehead atoms. The first kappa shape index (κ1) is 11.9. The maximum absolute atomic E-state index is 4.30. The highest BCUT2D eigenvalue weighted by molar-refractivity contribution is 5.79. The Bertz CT molecular complexity index is 685. The molecular formula is C16H17N3. The van der Waals surface area contributed by atoms with Crippen LogP contribution in [-0.2, 0) is 13.1 Å². The second-order valence-electron chi connectivity index (χ2n) is 4.74. The summed E-state index contributed by atoms with van der Waals surface area (Å²) in [5, 5.41) is 4.68. The van der Waals surface area contributed by atoms with Crippen LogP contribution in [-0.4, -0.2) is 9.97 Å². The lowest BCUT2D eigenvalue weighted by atomic mass is 10.1. The first-order valence-electron chi connectivity index (χ1n) is 6.51. The lowest BCUT2D eigenvalue weighted by molar-refractivity contribution is 0.693. The summed E-state index contributed by atoms with van der Waals surface area (Å²) in [5.74, 6) is 0. The summed E-state index contributed by atoms with van der Waals surface area (Å²) >= 11 is 0. The average molecular weight is 251 g/mol. The molecule has 2 heterocycles. The molecule has 0 aliphatic rings. The first-order valence-corrected chi connectivity index (χ1v) is 6.51. The number of aromatic nitrogens is 2. The van der Waals surface area contributed by atoms with Gasteiger partial charge in [0.2, 0.25) is 0 Å². The Morgan fingerprint density at radius 1 is 1.05 bits per heavy atom. The number of nitrogens with zero attached hydrogens (tertiary/aromatic N) is 1. The van der Waals surface area contributed by atoms with Gasteiger partial charge in [-0.1, -0.05) is 24.3 Å². The van der Waals surface area contributed by atoms with Gasteiger partial charge in [-0.15, -0.1) is 0 Å². The fourth-order valence-electron chi connectivity index (χ4n) is 2.30. The van der Waals surface area contributed by atoms with Crippen LogP contribution < -0.4 is 5.32 Å². The van der Waals surface area contributed by atoms with Crippen molar-refractivity contribution in [2.24, 2.45) is 0 Å². The Kier molecular flexibility index (Phi) is 3.29. The Balaban J connectivity index is 1.68. The molecule has 0 atom stereocenters. The molecule has 0 saturated carbocycles. The fourth-order valence-corrected chi connectivity index (χ4v) is 2.30. The molecule has 0 radical (unpaired) electrons. The highest BCUT2D eigenvalue weighted by Crippen LogP contribution is 2.15. The lowest BCUT2D eigenvalue weighted by Crippen LogP contribution is -2.13. The molecule has 0 unspecified atom stereocenters. The van der Waals surface area contributed by atoms with Gasteiger partial charge in [0, 0.05) is 30.9 Å². The minimum atomic E-state index is 0.847. The molecule has 3 nitrogen and oxygen atoms in total. The van der Waals surface area contributed by atoms with Crippen LogP contribution in [0.3, 0.4) is 0 Å². The van der Waals surface area contributed by atoms with Gasteiger partial charge in [0.1, 0.15) is 5.65 Å². The highest BCUT2D eigenvalue weighted by atomic mass is 14.9. The topological polar surface area (TPSA) is 40.7 Å². The fraction of sp³-hybridized carbons (Fsp3) is 0.188. The minimum absolute atomic E-state index is 0.847. The third-order valence-electron chi connectivity index (χ3n) is 3.43. The molecule has 0 amide bonds. The third-order valence-corrected chi connectivity index (χ3v) is 3.43. The van der Waals surface area contributed by atoms with Gasteiger partial charge < -0.3 is 10.3 Å². The molecule has 0 saturated heterocycles. The molecule has 2 aromatic heterocycles. The molecular weight excluding hydrogens is 234 g/mol. The number of hydrogen-bond acceptors (Lipinski definition) is 2. The van der Waals surface area contributed by atoms with Crippen LogP contribution in [0.5, 0.6) is 0 Å². The zero-order valence-corrected chi connectivity index (χ0v) is 11.0. The summed E-state index contributed by atoms with van der Waals surface area (Å²) in [6, 6.07) is 12.5. The molecule has 3 heteroatoms. The quantitative estimate of drug-likeness (QED) is 0.747. The standard InChI is InChI=1S/C16H17N3/c1-12-5-2-3-6-13(12)9-17-10-14-11-19-16-15(14)7-4-8-18-16/h2-8,11,17H,9-10H2,1H3,(H,18,19). The van der Waals surface area contributed by atoms with E-state index in [2.05, 4.69) is 52.5 Å². The molecule has 3 rings (SSSR count). The van der Waals surface area contributed by atoms with E-state index in [4.69, 9.17) is 0 Å². The zero-order valence-electron chi connectivity index (χ0n) is 11.0. The summed E-state index contributed by atoms with van der Waals surface area (Å²) in [6.45, 7) is 3.88. The zero-order chi connectivity index (χ0) is 13.1. The Labute approximate surface area is 112 Å². The summed E-state index contributed by atoms with van der Waals surface area (Å²) in [5.41, 5.74) is 4.89. The number of fused-ring (bicyclic) bond motifs is 1. The van der Waals surface area contributed by atoms with Crippen molar-refractivity contribution in [1.29, 1.82) is 0 Å². The number of rotatable bonds is 4. The van der Waals surface area contributed by atoms with Gasteiger partial charge in [-0.2, -0.15) is 0 Å². The van der Waals surface area contributed by atoms with Crippen LogP contribution in [0.1, 0.15) is 16.7 Å². The smallest absolute Gasteiger partial charge is 0.137 e. The summed E-state index contributed by atoms with van der Waals surface area (Å²) < 4.78 is 0. The number of pyridine rings is 1. The molecule has 2 N–H and O–H groups in total. The molecule has 19 heavy (non-hydrogen) atoms. The van der Waals surface area contributed by atoms with Crippen molar-refractivity contribution in [1.82, 2.24) is 15.3 Å². The highest BCUT2D eigenvalue weighted by Gasteiger charge is 2.03. The Morgan fingerprint density at radius 3 is 2.79 bits per heavy atom. The number of aryl methyl sites for hydroxylation is 1. The van der Waals surface area contributed by atoms with Gasteiger partial charge in [-0.05, 0) is 35.7 Å². The van der Waals surface area contributed by atoms with Crippen LogP contribution in [0.4, 0.5) is 0 Å². The van der Waals surface area contributed by atoms with Gasteiger partial charge in [-0.3, -0.25) is 0 Å². The summed E-state index contributed by atoms with van der Waals surface area (Å²) in [7, 11) is 0. The number of hydrogen-bond donors (Lipinski definition) is 2. The van der Waals surface area contributed by atoms with Gasteiger partial charge in [0.05, 0.1) is 0 Å². The normalized spacial score (nSPS) is 11.0. The molecule has 3 aromatic rings. The van der Waals surface area contributed by atoms with E-state index >= 15 is 0 Å². The van der Waals surface area contributed by atoms with E-state index in [1.54, 1.807) is 0 Å². The molecule has 0 aliphatic heterocycles. The van der Waals surface area contributed by atoms with Crippen molar-refractivity contribution in [2.45, 2.75) is 20.0 Å². The Hall–Kier alpha value is -2.13. The van der Waals surface area contributed by atoms with Crippen molar-refractivity contribution in [3.63, 3.8) is 0 Å². The number of aromatic amines is 1. The van der Waals surface area contributed by atoms with Crippen molar-refractivity contribution in [2.75, 3.05) is 0 Å². The van der Waals surface area contributed by atoms with Crippen molar-refractivity contribution < 1.29 is 0 Å². The minimum Gasteiger partial charge on any atom is -0.346 e. The lowest BCUT2D eigenvalue weighted by Gasteiger charge is -2.07. The maximum Gasteiger partial charge on any atom is 0.137 e. The number of benzene rings is 1. The maximum atomic E-state index is 4.30. The first-order chi connectivity index (χ1) is 9.34. The summed E-state index contributed by atoms with van der Waals surface area (Å²) in [4.78, 5) is 7.50. The van der Waals surface area contributed by atoms with Gasteiger partial charge in [0.15, 0.2) is 0 Å². The third kappa shape index (κ3) is 2.51. The predicted octanol–water partition coefficient (Wildman–Crippen LogP) is 3.16. The molecule has 0 aliphatic carbocycles.